The van der Waals surface area contributed by atoms with Gasteiger partial charge in [-0.25, -0.2) is 0 Å². The smallest absolute Gasteiger partial charge is 0.318 e. The van der Waals surface area contributed by atoms with Crippen LogP contribution in [0, 0.1) is 0 Å². The number of carbonyl (C=O) groups is 1. The zero-order chi connectivity index (χ0) is 17.3. The molecule has 2 fully saturated rings. The van der Waals surface area contributed by atoms with Crippen LogP contribution < -0.4 is 0 Å². The molecule has 0 amide bonds. The van der Waals surface area contributed by atoms with E-state index in [-0.39, 0.29) is 12.1 Å². The lowest BCUT2D eigenvalue weighted by Crippen LogP contribution is -2.43. The van der Waals surface area contributed by atoms with Crippen LogP contribution >= 0.6 is 0 Å². The molecule has 134 valence electrons. The van der Waals surface area contributed by atoms with Gasteiger partial charge in [0.25, 0.3) is 0 Å². The van der Waals surface area contributed by atoms with Crippen molar-refractivity contribution in [1.29, 1.82) is 0 Å². The van der Waals surface area contributed by atoms with Crippen LogP contribution in [0.15, 0.2) is 28.8 Å². The predicted octanol–water partition coefficient (Wildman–Crippen LogP) is 3.67. The highest BCUT2D eigenvalue weighted by Gasteiger charge is 2.47. The molecule has 5 nitrogen and oxygen atoms in total. The molecular formula is C20H26N2O3. The van der Waals surface area contributed by atoms with Gasteiger partial charge in [-0.1, -0.05) is 36.6 Å². The number of rotatable bonds is 3. The zero-order valence-electron chi connectivity index (χ0n) is 14.9. The third-order valence-corrected chi connectivity index (χ3v) is 5.87. The molecule has 0 atom stereocenters. The van der Waals surface area contributed by atoms with Gasteiger partial charge < -0.3 is 14.2 Å². The molecular weight excluding hydrogens is 316 g/mol. The number of ether oxygens (including phenoxy) is 1. The van der Waals surface area contributed by atoms with Crippen molar-refractivity contribution in [3.8, 4) is 0 Å². The Balaban J connectivity index is 1.64. The molecule has 25 heavy (non-hydrogen) atoms. The second kappa shape index (κ2) is 6.79. The van der Waals surface area contributed by atoms with Crippen LogP contribution in [0.4, 0.5) is 0 Å². The SMILES string of the molecule is CN1CCC(OC(=O)C2(c3noc4ccccc34)CCCCC2)CC1. The molecule has 0 spiro atoms. The summed E-state index contributed by atoms with van der Waals surface area (Å²) in [5.41, 5.74) is 0.879. The number of aromatic nitrogens is 1. The minimum Gasteiger partial charge on any atom is -0.462 e. The zero-order valence-corrected chi connectivity index (χ0v) is 14.9. The summed E-state index contributed by atoms with van der Waals surface area (Å²) in [5.74, 6) is -0.0965. The van der Waals surface area contributed by atoms with Crippen molar-refractivity contribution >= 4 is 16.9 Å². The number of carbonyl (C=O) groups excluding carboxylic acids is 1. The van der Waals surface area contributed by atoms with Gasteiger partial charge in [-0.15, -0.1) is 0 Å². The Morgan fingerprint density at radius 2 is 1.92 bits per heavy atom. The van der Waals surface area contributed by atoms with E-state index in [4.69, 9.17) is 9.26 Å². The molecule has 1 aromatic carbocycles. The number of likely N-dealkylation sites (tertiary alicyclic amines) is 1. The normalized spacial score (nSPS) is 22.1. The Kier molecular flexibility index (Phi) is 4.50. The Hall–Kier alpha value is -1.88. The van der Waals surface area contributed by atoms with Gasteiger partial charge in [-0.3, -0.25) is 4.79 Å². The first-order chi connectivity index (χ1) is 12.2. The van der Waals surface area contributed by atoms with Crippen molar-refractivity contribution in [2.45, 2.75) is 56.5 Å². The largest absolute Gasteiger partial charge is 0.462 e. The molecule has 1 aliphatic carbocycles. The average molecular weight is 342 g/mol. The van der Waals surface area contributed by atoms with Crippen molar-refractivity contribution in [2.24, 2.45) is 0 Å². The second-order valence-electron chi connectivity index (χ2n) is 7.58. The third kappa shape index (κ3) is 3.06. The van der Waals surface area contributed by atoms with Gasteiger partial charge in [0.15, 0.2) is 5.58 Å². The molecule has 0 unspecified atom stereocenters. The molecule has 0 bridgehead atoms. The van der Waals surface area contributed by atoms with Crippen molar-refractivity contribution in [1.82, 2.24) is 10.1 Å². The van der Waals surface area contributed by atoms with Gasteiger partial charge in [0, 0.05) is 18.5 Å². The molecule has 5 heteroatoms. The number of hydrogen-bond donors (Lipinski definition) is 0. The van der Waals surface area contributed by atoms with Gasteiger partial charge in [0.1, 0.15) is 17.2 Å². The Labute approximate surface area is 148 Å². The van der Waals surface area contributed by atoms with E-state index in [1.807, 2.05) is 24.3 Å². The van der Waals surface area contributed by atoms with E-state index in [9.17, 15) is 4.79 Å². The Morgan fingerprint density at radius 3 is 2.68 bits per heavy atom. The number of esters is 1. The predicted molar refractivity (Wildman–Crippen MR) is 95.4 cm³/mol. The molecule has 1 aromatic heterocycles. The summed E-state index contributed by atoms with van der Waals surface area (Å²) in [6.07, 6.45) is 6.69. The van der Waals surface area contributed by atoms with Crippen LogP contribution in [0.5, 0.6) is 0 Å². The number of nitrogens with zero attached hydrogens (tertiary/aromatic N) is 2. The number of fused-ring (bicyclic) bond motifs is 1. The van der Waals surface area contributed by atoms with E-state index in [0.717, 1.165) is 68.3 Å². The molecule has 0 N–H and O–H groups in total. The molecule has 1 saturated carbocycles. The number of para-hydroxylation sites is 1. The van der Waals surface area contributed by atoms with Gasteiger partial charge in [0.2, 0.25) is 0 Å². The first-order valence-corrected chi connectivity index (χ1v) is 9.43. The summed E-state index contributed by atoms with van der Waals surface area (Å²) in [4.78, 5) is 15.6. The molecule has 2 aliphatic rings. The van der Waals surface area contributed by atoms with E-state index in [0.29, 0.717) is 0 Å². The first-order valence-electron chi connectivity index (χ1n) is 9.43. The lowest BCUT2D eigenvalue weighted by atomic mass is 9.71. The van der Waals surface area contributed by atoms with Crippen LogP contribution in [0.3, 0.4) is 0 Å². The molecule has 0 radical (unpaired) electrons. The highest BCUT2D eigenvalue weighted by Crippen LogP contribution is 2.43. The fourth-order valence-corrected chi connectivity index (χ4v) is 4.29. The topological polar surface area (TPSA) is 55.6 Å². The van der Waals surface area contributed by atoms with E-state index in [1.165, 1.54) is 6.42 Å². The fraction of sp³-hybridized carbons (Fsp3) is 0.600. The molecule has 1 saturated heterocycles. The van der Waals surface area contributed by atoms with Gasteiger partial charge in [0.05, 0.1) is 0 Å². The second-order valence-corrected chi connectivity index (χ2v) is 7.58. The van der Waals surface area contributed by atoms with Crippen LogP contribution in [-0.2, 0) is 14.9 Å². The Morgan fingerprint density at radius 1 is 1.20 bits per heavy atom. The van der Waals surface area contributed by atoms with E-state index in [2.05, 4.69) is 17.1 Å². The minimum absolute atomic E-state index is 0.0284. The van der Waals surface area contributed by atoms with Crippen molar-refractivity contribution in [2.75, 3.05) is 20.1 Å². The van der Waals surface area contributed by atoms with Gasteiger partial charge in [-0.2, -0.15) is 0 Å². The van der Waals surface area contributed by atoms with Gasteiger partial charge >= 0.3 is 5.97 Å². The van der Waals surface area contributed by atoms with Gasteiger partial charge in [-0.05, 0) is 44.9 Å². The first kappa shape index (κ1) is 16.6. The summed E-state index contributed by atoms with van der Waals surface area (Å²) in [7, 11) is 2.11. The van der Waals surface area contributed by atoms with E-state index >= 15 is 0 Å². The molecule has 2 aromatic rings. The molecule has 2 heterocycles. The van der Waals surface area contributed by atoms with Crippen LogP contribution in [0.2, 0.25) is 0 Å². The van der Waals surface area contributed by atoms with Crippen molar-refractivity contribution in [3.63, 3.8) is 0 Å². The summed E-state index contributed by atoms with van der Waals surface area (Å²) in [6.45, 7) is 1.97. The summed E-state index contributed by atoms with van der Waals surface area (Å²) in [6, 6.07) is 7.81. The Bertz CT molecular complexity index is 740. The summed E-state index contributed by atoms with van der Waals surface area (Å²) in [5, 5.41) is 5.28. The maximum absolute atomic E-state index is 13.3. The highest BCUT2D eigenvalue weighted by molar-refractivity contribution is 5.90. The highest BCUT2D eigenvalue weighted by atomic mass is 16.5. The summed E-state index contributed by atoms with van der Waals surface area (Å²) >= 11 is 0. The molecule has 1 aliphatic heterocycles. The molecule has 4 rings (SSSR count). The monoisotopic (exact) mass is 342 g/mol. The maximum Gasteiger partial charge on any atom is 0.318 e. The number of hydrogen-bond acceptors (Lipinski definition) is 5. The van der Waals surface area contributed by atoms with Crippen molar-refractivity contribution < 1.29 is 14.1 Å². The van der Waals surface area contributed by atoms with Crippen LogP contribution in [0.1, 0.15) is 50.6 Å². The average Bonchev–Trinajstić information content (AvgIpc) is 3.09. The van der Waals surface area contributed by atoms with Crippen LogP contribution in [0.25, 0.3) is 11.0 Å². The van der Waals surface area contributed by atoms with Crippen LogP contribution in [-0.4, -0.2) is 42.3 Å². The fourth-order valence-electron chi connectivity index (χ4n) is 4.29. The van der Waals surface area contributed by atoms with E-state index in [1.54, 1.807) is 0 Å². The summed E-state index contributed by atoms with van der Waals surface area (Å²) < 4.78 is 11.5. The lowest BCUT2D eigenvalue weighted by Gasteiger charge is -2.36. The minimum atomic E-state index is -0.645. The van der Waals surface area contributed by atoms with E-state index < -0.39 is 5.41 Å². The lowest BCUT2D eigenvalue weighted by molar-refractivity contribution is -0.160. The number of piperidine rings is 1. The number of benzene rings is 1. The van der Waals surface area contributed by atoms with Crippen molar-refractivity contribution in [3.05, 3.63) is 30.0 Å². The quantitative estimate of drug-likeness (QED) is 0.797. The third-order valence-electron chi connectivity index (χ3n) is 5.87. The standard InChI is InChI=1S/C20H26N2O3/c1-22-13-9-15(10-14-22)24-19(23)20(11-5-2-6-12-20)18-16-7-3-4-8-17(16)25-21-18/h3-4,7-8,15H,2,5-6,9-14H2,1H3. The maximum atomic E-state index is 13.3.